The van der Waals surface area contributed by atoms with Crippen molar-refractivity contribution in [1.29, 1.82) is 0 Å². The Hall–Kier alpha value is -3.65. The summed E-state index contributed by atoms with van der Waals surface area (Å²) in [4.78, 5) is 5.20. The summed E-state index contributed by atoms with van der Waals surface area (Å²) < 4.78 is 2.50. The molecule has 0 spiro atoms. The molecule has 1 aromatic heterocycles. The van der Waals surface area contributed by atoms with Crippen molar-refractivity contribution in [1.82, 2.24) is 9.55 Å². The predicted molar refractivity (Wildman–Crippen MR) is 132 cm³/mol. The lowest BCUT2D eigenvalue weighted by molar-refractivity contribution is 0.235. The van der Waals surface area contributed by atoms with Crippen LogP contribution in [0.3, 0.4) is 0 Å². The molecule has 1 aliphatic carbocycles. The van der Waals surface area contributed by atoms with E-state index in [9.17, 15) is 0 Å². The number of imidazole rings is 1. The van der Waals surface area contributed by atoms with Crippen LogP contribution >= 0.6 is 0 Å². The van der Waals surface area contributed by atoms with Gasteiger partial charge in [0, 0.05) is 11.0 Å². The lowest BCUT2D eigenvalue weighted by Gasteiger charge is -2.47. The second-order valence-electron chi connectivity index (χ2n) is 9.76. The molecule has 0 radical (unpaired) electrons. The van der Waals surface area contributed by atoms with Gasteiger partial charge in [0.25, 0.3) is 0 Å². The van der Waals surface area contributed by atoms with Crippen LogP contribution in [0, 0.1) is 0 Å². The van der Waals surface area contributed by atoms with Gasteiger partial charge in [-0.2, -0.15) is 0 Å². The van der Waals surface area contributed by atoms with E-state index in [1.165, 1.54) is 44.5 Å². The first kappa shape index (κ1) is 18.0. The molecular formula is C30H24N2. The molecule has 2 aliphatic rings. The van der Waals surface area contributed by atoms with E-state index in [2.05, 4.69) is 116 Å². The maximum Gasteiger partial charge on any atom is 0.142 e. The van der Waals surface area contributed by atoms with Gasteiger partial charge in [0.1, 0.15) is 5.82 Å². The Labute approximate surface area is 188 Å². The minimum absolute atomic E-state index is 0.221. The van der Waals surface area contributed by atoms with Gasteiger partial charge in [0.2, 0.25) is 0 Å². The summed E-state index contributed by atoms with van der Waals surface area (Å²) in [6.07, 6.45) is 0. The number of hydrogen-bond donors (Lipinski definition) is 0. The van der Waals surface area contributed by atoms with Crippen LogP contribution in [0.2, 0.25) is 0 Å². The minimum atomic E-state index is -0.260. The van der Waals surface area contributed by atoms with Crippen LogP contribution in [0.5, 0.6) is 0 Å². The van der Waals surface area contributed by atoms with Crippen LogP contribution in [0.15, 0.2) is 91.0 Å². The topological polar surface area (TPSA) is 17.8 Å². The molecule has 0 bridgehead atoms. The summed E-state index contributed by atoms with van der Waals surface area (Å²) in [5.74, 6) is 1.05. The van der Waals surface area contributed by atoms with Gasteiger partial charge in [0.15, 0.2) is 0 Å². The molecule has 5 aromatic rings. The smallest absolute Gasteiger partial charge is 0.142 e. The highest BCUT2D eigenvalue weighted by molar-refractivity contribution is 5.95. The Kier molecular flexibility index (Phi) is 3.24. The molecule has 4 aromatic carbocycles. The average Bonchev–Trinajstić information content (AvgIpc) is 3.34. The predicted octanol–water partition coefficient (Wildman–Crippen LogP) is 7.41. The molecular weight excluding hydrogens is 388 g/mol. The fourth-order valence-corrected chi connectivity index (χ4v) is 6.37. The van der Waals surface area contributed by atoms with E-state index in [0.717, 1.165) is 11.3 Å². The molecule has 1 atom stereocenters. The van der Waals surface area contributed by atoms with Gasteiger partial charge < -0.3 is 4.57 Å². The third-order valence-corrected chi connectivity index (χ3v) is 8.12. The first-order valence-corrected chi connectivity index (χ1v) is 11.3. The lowest BCUT2D eigenvalue weighted by Crippen LogP contribution is -2.48. The molecule has 1 aliphatic heterocycles. The minimum Gasteiger partial charge on any atom is -0.317 e. The summed E-state index contributed by atoms with van der Waals surface area (Å²) >= 11 is 0. The van der Waals surface area contributed by atoms with Gasteiger partial charge in [0.05, 0.1) is 16.6 Å². The van der Waals surface area contributed by atoms with Crippen LogP contribution < -0.4 is 0 Å². The van der Waals surface area contributed by atoms with Crippen molar-refractivity contribution in [2.24, 2.45) is 0 Å². The summed E-state index contributed by atoms with van der Waals surface area (Å²) in [6.45, 7) is 7.22. The van der Waals surface area contributed by atoms with Gasteiger partial charge in [-0.15, -0.1) is 0 Å². The normalized spacial score (nSPS) is 19.5. The molecule has 0 saturated carbocycles. The SMILES string of the molecule is CC12c3ccccc3-c3cccc(c31)-c1ccccc1-c1nc3ccccc3n1C2(C)C. The van der Waals surface area contributed by atoms with E-state index >= 15 is 0 Å². The van der Waals surface area contributed by atoms with Crippen LogP contribution in [0.25, 0.3) is 44.7 Å². The van der Waals surface area contributed by atoms with E-state index in [0.29, 0.717) is 0 Å². The second-order valence-corrected chi connectivity index (χ2v) is 9.76. The first-order valence-electron chi connectivity index (χ1n) is 11.3. The number of fused-ring (bicyclic) bond motifs is 9. The van der Waals surface area contributed by atoms with E-state index in [-0.39, 0.29) is 11.0 Å². The summed E-state index contributed by atoms with van der Waals surface area (Å²) in [5, 5.41) is 0. The van der Waals surface area contributed by atoms with Gasteiger partial charge in [-0.3, -0.25) is 0 Å². The highest BCUT2D eigenvalue weighted by Gasteiger charge is 2.54. The Bertz CT molecular complexity index is 1570. The maximum atomic E-state index is 5.20. The van der Waals surface area contributed by atoms with Gasteiger partial charge in [-0.05, 0) is 66.3 Å². The zero-order valence-electron chi connectivity index (χ0n) is 18.6. The quantitative estimate of drug-likeness (QED) is 0.259. The van der Waals surface area contributed by atoms with E-state index < -0.39 is 0 Å². The second kappa shape index (κ2) is 5.77. The maximum absolute atomic E-state index is 5.20. The monoisotopic (exact) mass is 412 g/mol. The third-order valence-electron chi connectivity index (χ3n) is 8.12. The van der Waals surface area contributed by atoms with Crippen molar-refractivity contribution < 1.29 is 0 Å². The van der Waals surface area contributed by atoms with E-state index in [1.54, 1.807) is 0 Å². The van der Waals surface area contributed by atoms with Crippen LogP contribution in [-0.4, -0.2) is 9.55 Å². The van der Waals surface area contributed by atoms with Crippen LogP contribution in [-0.2, 0) is 11.0 Å². The van der Waals surface area contributed by atoms with Crippen molar-refractivity contribution in [3.63, 3.8) is 0 Å². The van der Waals surface area contributed by atoms with Crippen LogP contribution in [0.1, 0.15) is 31.9 Å². The molecule has 7 rings (SSSR count). The standard InChI is InChI=1S/C30H24N2/c1-29(2)30(3)24-16-7-6-12-20(24)22-15-10-14-21(27(22)30)19-11-4-5-13-23(19)28-31-25-17-8-9-18-26(25)32(28)29/h4-18H,1-3H3. The molecule has 154 valence electrons. The highest BCUT2D eigenvalue weighted by atomic mass is 15.2. The number of aromatic nitrogens is 2. The zero-order chi connectivity index (χ0) is 21.7. The molecule has 2 heteroatoms. The molecule has 0 saturated heterocycles. The number of nitrogens with zero attached hydrogens (tertiary/aromatic N) is 2. The Morgan fingerprint density at radius 3 is 2.00 bits per heavy atom. The van der Waals surface area contributed by atoms with Crippen molar-refractivity contribution in [3.8, 4) is 33.6 Å². The lowest BCUT2D eigenvalue weighted by atomic mass is 9.64. The fraction of sp³-hybridized carbons (Fsp3) is 0.167. The molecule has 32 heavy (non-hydrogen) atoms. The Balaban J connectivity index is 1.76. The number of benzene rings is 4. The summed E-state index contributed by atoms with van der Waals surface area (Å²) in [7, 11) is 0. The molecule has 2 nitrogen and oxygen atoms in total. The third kappa shape index (κ3) is 1.90. The number of rotatable bonds is 0. The van der Waals surface area contributed by atoms with Crippen LogP contribution in [0.4, 0.5) is 0 Å². The molecule has 0 fully saturated rings. The zero-order valence-corrected chi connectivity index (χ0v) is 18.6. The number of para-hydroxylation sites is 2. The number of hydrogen-bond acceptors (Lipinski definition) is 1. The average molecular weight is 413 g/mol. The van der Waals surface area contributed by atoms with Crippen molar-refractivity contribution in [3.05, 3.63) is 102 Å². The summed E-state index contributed by atoms with van der Waals surface area (Å²) in [5.41, 5.74) is 11.1. The van der Waals surface area contributed by atoms with Crippen molar-refractivity contribution in [2.45, 2.75) is 31.7 Å². The van der Waals surface area contributed by atoms with Crippen molar-refractivity contribution >= 4 is 11.0 Å². The Morgan fingerprint density at radius 1 is 0.594 bits per heavy atom. The van der Waals surface area contributed by atoms with E-state index in [4.69, 9.17) is 4.98 Å². The highest BCUT2D eigenvalue weighted by Crippen LogP contribution is 2.61. The Morgan fingerprint density at radius 2 is 1.19 bits per heavy atom. The first-order chi connectivity index (χ1) is 15.5. The molecule has 0 N–H and O–H groups in total. The van der Waals surface area contributed by atoms with E-state index in [1.807, 2.05) is 0 Å². The van der Waals surface area contributed by atoms with Gasteiger partial charge in [-0.25, -0.2) is 4.98 Å². The fourth-order valence-electron chi connectivity index (χ4n) is 6.37. The van der Waals surface area contributed by atoms with Crippen molar-refractivity contribution in [2.75, 3.05) is 0 Å². The van der Waals surface area contributed by atoms with Gasteiger partial charge >= 0.3 is 0 Å². The molecule has 2 heterocycles. The molecule has 0 amide bonds. The largest absolute Gasteiger partial charge is 0.317 e. The molecule has 1 unspecified atom stereocenters. The van der Waals surface area contributed by atoms with Gasteiger partial charge in [-0.1, -0.05) is 78.9 Å². The summed E-state index contributed by atoms with van der Waals surface area (Å²) in [6, 6.07) is 33.1.